The molecule has 9 nitrogen and oxygen atoms in total. The second-order valence-corrected chi connectivity index (χ2v) is 11.9. The third-order valence-corrected chi connectivity index (χ3v) is 8.63. The van der Waals surface area contributed by atoms with E-state index >= 15 is 0 Å². The van der Waals surface area contributed by atoms with Crippen LogP contribution in [0.2, 0.25) is 10.0 Å². The number of nitrogens with one attached hydrogen (secondary N) is 1. The Balaban J connectivity index is 1.47. The lowest BCUT2D eigenvalue weighted by Crippen LogP contribution is -2.30. The van der Waals surface area contributed by atoms with Crippen LogP contribution in [-0.2, 0) is 21.3 Å². The van der Waals surface area contributed by atoms with Crippen LogP contribution in [0.3, 0.4) is 0 Å². The van der Waals surface area contributed by atoms with Gasteiger partial charge >= 0.3 is 0 Å². The zero-order chi connectivity index (χ0) is 29.7. The maximum Gasteiger partial charge on any atom is 0.264 e. The van der Waals surface area contributed by atoms with Crippen LogP contribution in [0.25, 0.3) is 0 Å². The third kappa shape index (κ3) is 6.79. The van der Waals surface area contributed by atoms with Gasteiger partial charge in [0.15, 0.2) is 11.5 Å². The molecule has 1 aromatic heterocycles. The highest BCUT2D eigenvalue weighted by atomic mass is 35.5. The number of rotatable bonds is 10. The number of pyridine rings is 1. The van der Waals surface area contributed by atoms with E-state index < -0.39 is 15.9 Å². The Labute approximate surface area is 254 Å². The smallest absolute Gasteiger partial charge is 0.264 e. The SMILES string of the molecule is COc1ccc(N(Cc2c(Cl)cncc2Cl)c2ccc(C(=O)NS(=O)(=O)c3ccccc3)cc2)cc1O[C@@H]1CCOC1. The van der Waals surface area contributed by atoms with Gasteiger partial charge in [0.25, 0.3) is 15.9 Å². The number of carbonyl (C=O) groups excluding carboxylic acids is 1. The van der Waals surface area contributed by atoms with Crippen LogP contribution in [0.5, 0.6) is 11.5 Å². The highest BCUT2D eigenvalue weighted by Gasteiger charge is 2.23. The first-order valence-electron chi connectivity index (χ1n) is 13.0. The summed E-state index contributed by atoms with van der Waals surface area (Å²) in [4.78, 5) is 18.8. The summed E-state index contributed by atoms with van der Waals surface area (Å²) in [5.41, 5.74) is 2.23. The summed E-state index contributed by atoms with van der Waals surface area (Å²) in [6.07, 6.45) is 3.70. The van der Waals surface area contributed by atoms with Crippen LogP contribution < -0.4 is 19.1 Å². The topological polar surface area (TPSA) is 107 Å². The van der Waals surface area contributed by atoms with Crippen molar-refractivity contribution in [2.75, 3.05) is 25.2 Å². The zero-order valence-corrected chi connectivity index (χ0v) is 24.8. The molecule has 0 bridgehead atoms. The summed E-state index contributed by atoms with van der Waals surface area (Å²) in [6.45, 7) is 1.37. The molecule has 1 aliphatic heterocycles. The Kier molecular flexibility index (Phi) is 9.18. The van der Waals surface area contributed by atoms with E-state index in [1.165, 1.54) is 24.5 Å². The minimum Gasteiger partial charge on any atom is -0.493 e. The summed E-state index contributed by atoms with van der Waals surface area (Å²) in [5.74, 6) is 0.359. The van der Waals surface area contributed by atoms with Crippen molar-refractivity contribution in [2.45, 2.75) is 24.0 Å². The van der Waals surface area contributed by atoms with Gasteiger partial charge in [0.1, 0.15) is 6.10 Å². The molecule has 1 atom stereocenters. The van der Waals surface area contributed by atoms with E-state index in [0.29, 0.717) is 46.0 Å². The minimum atomic E-state index is -4.03. The number of halogens is 2. The standard InChI is InChI=1S/C30H27Cl2N3O6S/c1-39-28-12-11-22(15-29(28)41-23-13-14-40-19-23)35(18-25-26(31)16-33-17-27(25)32)21-9-7-20(8-10-21)30(36)34-42(37,38)24-5-3-2-4-6-24/h2-12,15-17,23H,13-14,18-19H2,1H3,(H,34,36)/t23-/m1/s1. The summed E-state index contributed by atoms with van der Waals surface area (Å²) in [6, 6.07) is 19.7. The van der Waals surface area contributed by atoms with Crippen molar-refractivity contribution in [3.8, 4) is 11.5 Å². The van der Waals surface area contributed by atoms with Crippen LogP contribution in [0, 0.1) is 0 Å². The number of carbonyl (C=O) groups is 1. The van der Waals surface area contributed by atoms with Gasteiger partial charge in [0, 0.05) is 47.4 Å². The fourth-order valence-electron chi connectivity index (χ4n) is 4.42. The second kappa shape index (κ2) is 13.0. The molecule has 2 heterocycles. The number of sulfonamides is 1. The van der Waals surface area contributed by atoms with E-state index in [9.17, 15) is 13.2 Å². The minimum absolute atomic E-state index is 0.00560. The maximum absolute atomic E-state index is 12.9. The number of hydrogen-bond donors (Lipinski definition) is 1. The number of amides is 1. The third-order valence-electron chi connectivity index (χ3n) is 6.63. The number of hydrogen-bond acceptors (Lipinski definition) is 8. The van der Waals surface area contributed by atoms with Gasteiger partial charge in [-0.15, -0.1) is 0 Å². The normalized spacial score (nSPS) is 14.8. The van der Waals surface area contributed by atoms with Gasteiger partial charge in [0.05, 0.1) is 41.8 Å². The monoisotopic (exact) mass is 627 g/mol. The van der Waals surface area contributed by atoms with Crippen molar-refractivity contribution in [2.24, 2.45) is 0 Å². The number of anilines is 2. The summed E-state index contributed by atoms with van der Waals surface area (Å²) >= 11 is 13.0. The Morgan fingerprint density at radius 2 is 1.69 bits per heavy atom. The van der Waals surface area contributed by atoms with Crippen molar-refractivity contribution in [3.05, 3.63) is 106 Å². The summed E-state index contributed by atoms with van der Waals surface area (Å²) in [7, 11) is -2.46. The molecular weight excluding hydrogens is 601 g/mol. The van der Waals surface area contributed by atoms with E-state index in [0.717, 1.165) is 12.1 Å². The van der Waals surface area contributed by atoms with Crippen LogP contribution in [0.4, 0.5) is 11.4 Å². The number of benzene rings is 3. The largest absolute Gasteiger partial charge is 0.493 e. The van der Waals surface area contributed by atoms with Crippen LogP contribution in [0.1, 0.15) is 22.3 Å². The van der Waals surface area contributed by atoms with Gasteiger partial charge in [-0.3, -0.25) is 9.78 Å². The van der Waals surface area contributed by atoms with Gasteiger partial charge in [-0.05, 0) is 48.5 Å². The first-order chi connectivity index (χ1) is 20.2. The Morgan fingerprint density at radius 3 is 2.33 bits per heavy atom. The lowest BCUT2D eigenvalue weighted by Gasteiger charge is -2.27. The number of aromatic nitrogens is 1. The molecule has 0 saturated carbocycles. The lowest BCUT2D eigenvalue weighted by molar-refractivity contribution is 0.0981. The van der Waals surface area contributed by atoms with E-state index in [4.69, 9.17) is 37.4 Å². The molecule has 0 aliphatic carbocycles. The summed E-state index contributed by atoms with van der Waals surface area (Å²) in [5, 5.41) is 0.783. The fourth-order valence-corrected chi connectivity index (χ4v) is 5.90. The van der Waals surface area contributed by atoms with Crippen molar-refractivity contribution in [3.63, 3.8) is 0 Å². The first kappa shape index (κ1) is 29.7. The van der Waals surface area contributed by atoms with Crippen LogP contribution in [-0.4, -0.2) is 45.7 Å². The molecule has 0 spiro atoms. The molecule has 4 aromatic rings. The molecular formula is C30H27Cl2N3O6S. The molecule has 1 N–H and O–H groups in total. The lowest BCUT2D eigenvalue weighted by atomic mass is 10.1. The average Bonchev–Trinajstić information content (AvgIpc) is 3.51. The quantitative estimate of drug-likeness (QED) is 0.227. The van der Waals surface area contributed by atoms with Gasteiger partial charge in [-0.25, -0.2) is 13.1 Å². The van der Waals surface area contributed by atoms with Crippen LogP contribution >= 0.6 is 23.2 Å². The molecule has 5 rings (SSSR count). The highest BCUT2D eigenvalue weighted by Crippen LogP contribution is 2.38. The van der Waals surface area contributed by atoms with Gasteiger partial charge in [0.2, 0.25) is 0 Å². The van der Waals surface area contributed by atoms with E-state index in [-0.39, 0.29) is 23.1 Å². The van der Waals surface area contributed by atoms with E-state index in [1.807, 2.05) is 17.0 Å². The Hall–Kier alpha value is -3.83. The zero-order valence-electron chi connectivity index (χ0n) is 22.5. The van der Waals surface area contributed by atoms with Gasteiger partial charge in [-0.2, -0.15) is 0 Å². The molecule has 1 fully saturated rings. The molecule has 1 amide bonds. The molecule has 1 aliphatic rings. The second-order valence-electron chi connectivity index (χ2n) is 9.40. The van der Waals surface area contributed by atoms with Crippen LogP contribution in [0.15, 0.2) is 90.1 Å². The van der Waals surface area contributed by atoms with Gasteiger partial charge < -0.3 is 19.1 Å². The molecule has 218 valence electrons. The molecule has 1 saturated heterocycles. The number of methoxy groups -OCH3 is 1. The van der Waals surface area contributed by atoms with E-state index in [1.54, 1.807) is 55.6 Å². The Morgan fingerprint density at radius 1 is 1.00 bits per heavy atom. The first-order valence-corrected chi connectivity index (χ1v) is 15.2. The predicted molar refractivity (Wildman–Crippen MR) is 160 cm³/mol. The van der Waals surface area contributed by atoms with Crippen molar-refractivity contribution in [1.29, 1.82) is 0 Å². The predicted octanol–water partition coefficient (Wildman–Crippen LogP) is 6.02. The van der Waals surface area contributed by atoms with Crippen molar-refractivity contribution >= 4 is 50.5 Å². The van der Waals surface area contributed by atoms with Crippen molar-refractivity contribution in [1.82, 2.24) is 9.71 Å². The fraction of sp³-hybridized carbons (Fsp3) is 0.200. The molecule has 12 heteroatoms. The van der Waals surface area contributed by atoms with Crippen molar-refractivity contribution < 1.29 is 27.4 Å². The number of nitrogens with zero attached hydrogens (tertiary/aromatic N) is 2. The maximum atomic E-state index is 12.9. The molecule has 42 heavy (non-hydrogen) atoms. The Bertz CT molecular complexity index is 1640. The summed E-state index contributed by atoms with van der Waals surface area (Å²) < 4.78 is 44.6. The molecule has 0 radical (unpaired) electrons. The average molecular weight is 629 g/mol. The molecule has 3 aromatic carbocycles. The van der Waals surface area contributed by atoms with Gasteiger partial charge in [-0.1, -0.05) is 41.4 Å². The number of ether oxygens (including phenoxy) is 3. The molecule has 0 unspecified atom stereocenters. The van der Waals surface area contributed by atoms with E-state index in [2.05, 4.69) is 9.71 Å². The highest BCUT2D eigenvalue weighted by molar-refractivity contribution is 7.90.